The highest BCUT2D eigenvalue weighted by Gasteiger charge is 2.97. The maximum Gasteiger partial charge on any atom is 0.317 e. The molecule has 3 aliphatic carbocycles. The Kier molecular flexibility index (Phi) is 2.33. The second kappa shape index (κ2) is 3.79. The molecule has 1 aromatic rings. The zero-order valence-corrected chi connectivity index (χ0v) is 12.6. The van der Waals surface area contributed by atoms with Crippen LogP contribution in [-0.4, -0.2) is 33.3 Å². The highest BCUT2D eigenvalue weighted by molar-refractivity contribution is 6.04. The van der Waals surface area contributed by atoms with Gasteiger partial charge < -0.3 is 14.2 Å². The molecule has 22 heavy (non-hydrogen) atoms. The molecule has 114 valence electrons. The van der Waals surface area contributed by atoms with E-state index >= 15 is 0 Å². The van der Waals surface area contributed by atoms with Crippen LogP contribution in [0.25, 0.3) is 0 Å². The van der Waals surface area contributed by atoms with Crippen molar-refractivity contribution in [1.82, 2.24) is 0 Å². The van der Waals surface area contributed by atoms with Crippen LogP contribution in [-0.2, 0) is 29.4 Å². The fraction of sp³-hybridized carbons (Fsp3) is 0.412. The number of benzene rings is 1. The summed E-state index contributed by atoms with van der Waals surface area (Å²) >= 11 is 0. The van der Waals surface area contributed by atoms with Gasteiger partial charge >= 0.3 is 11.9 Å². The Balaban J connectivity index is 2.05. The van der Waals surface area contributed by atoms with Crippen molar-refractivity contribution < 1.29 is 23.8 Å². The Morgan fingerprint density at radius 2 is 1.68 bits per heavy atom. The molecule has 0 radical (unpaired) electrons. The number of ether oxygens (including phenoxy) is 3. The molecule has 0 heterocycles. The van der Waals surface area contributed by atoms with Gasteiger partial charge in [0.05, 0.1) is 14.2 Å². The number of fused-ring (bicyclic) bond motifs is 4. The summed E-state index contributed by atoms with van der Waals surface area (Å²) in [4.78, 5) is 25.3. The molecule has 0 N–H and O–H groups in total. The molecule has 1 fully saturated rings. The first-order chi connectivity index (χ1) is 10.6. The number of carbonyl (C=O) groups excluding carboxylic acids is 2. The fourth-order valence-electron chi connectivity index (χ4n) is 4.95. The van der Waals surface area contributed by atoms with Crippen molar-refractivity contribution in [2.45, 2.75) is 11.5 Å². The minimum absolute atomic E-state index is 0.305. The van der Waals surface area contributed by atoms with Crippen molar-refractivity contribution >= 4 is 11.9 Å². The third kappa shape index (κ3) is 0.956. The van der Waals surface area contributed by atoms with Crippen LogP contribution in [0.5, 0.6) is 0 Å². The van der Waals surface area contributed by atoms with E-state index in [1.807, 2.05) is 30.3 Å². The molecule has 0 unspecified atom stereocenters. The minimum Gasteiger partial charge on any atom is -0.468 e. The number of carbonyl (C=O) groups is 2. The van der Waals surface area contributed by atoms with Crippen molar-refractivity contribution in [3.8, 4) is 0 Å². The number of hydrogen-bond acceptors (Lipinski definition) is 5. The Labute approximate surface area is 127 Å². The Morgan fingerprint density at radius 1 is 1.00 bits per heavy atom. The van der Waals surface area contributed by atoms with Gasteiger partial charge in [-0.25, -0.2) is 0 Å². The van der Waals surface area contributed by atoms with E-state index in [0.717, 1.165) is 11.1 Å². The van der Waals surface area contributed by atoms with E-state index in [1.165, 1.54) is 14.2 Å². The molecule has 4 atom stereocenters. The highest BCUT2D eigenvalue weighted by Crippen LogP contribution is 2.89. The number of rotatable bonds is 3. The lowest BCUT2D eigenvalue weighted by molar-refractivity contribution is -0.165. The summed E-state index contributed by atoms with van der Waals surface area (Å²) in [6, 6.07) is 7.68. The van der Waals surface area contributed by atoms with E-state index in [-0.39, 0.29) is 5.92 Å². The Morgan fingerprint density at radius 3 is 2.32 bits per heavy atom. The third-order valence-electron chi connectivity index (χ3n) is 5.65. The summed E-state index contributed by atoms with van der Waals surface area (Å²) in [5.41, 5.74) is -1.24. The predicted octanol–water partition coefficient (Wildman–Crippen LogP) is 1.53. The molecular formula is C17H16O5. The van der Waals surface area contributed by atoms with E-state index in [0.29, 0.717) is 0 Å². The van der Waals surface area contributed by atoms with Crippen LogP contribution in [0, 0.1) is 10.8 Å². The van der Waals surface area contributed by atoms with E-state index in [4.69, 9.17) is 14.2 Å². The van der Waals surface area contributed by atoms with Gasteiger partial charge in [-0.05, 0) is 17.2 Å². The van der Waals surface area contributed by atoms with Crippen molar-refractivity contribution in [3.63, 3.8) is 0 Å². The van der Waals surface area contributed by atoms with E-state index in [1.54, 1.807) is 13.2 Å². The van der Waals surface area contributed by atoms with Gasteiger partial charge in [-0.2, -0.15) is 0 Å². The first kappa shape index (κ1) is 13.5. The predicted molar refractivity (Wildman–Crippen MR) is 75.9 cm³/mol. The molecule has 0 saturated heterocycles. The molecule has 1 saturated carbocycles. The Hall–Kier alpha value is -2.14. The van der Waals surface area contributed by atoms with Crippen LogP contribution >= 0.6 is 0 Å². The molecule has 3 aliphatic rings. The topological polar surface area (TPSA) is 61.8 Å². The molecule has 0 amide bonds. The summed E-state index contributed by atoms with van der Waals surface area (Å²) in [6.07, 6.45) is 3.58. The monoisotopic (exact) mass is 300 g/mol. The summed E-state index contributed by atoms with van der Waals surface area (Å²) in [5.74, 6) is -1.17. The van der Waals surface area contributed by atoms with Gasteiger partial charge in [0.1, 0.15) is 16.4 Å². The summed E-state index contributed by atoms with van der Waals surface area (Å²) in [7, 11) is 4.23. The number of esters is 2. The van der Waals surface area contributed by atoms with Crippen molar-refractivity contribution in [2.75, 3.05) is 21.3 Å². The quantitative estimate of drug-likeness (QED) is 0.626. The number of hydrogen-bond donors (Lipinski definition) is 0. The number of methoxy groups -OCH3 is 3. The van der Waals surface area contributed by atoms with E-state index in [9.17, 15) is 9.59 Å². The lowest BCUT2D eigenvalue weighted by Crippen LogP contribution is -2.43. The largest absolute Gasteiger partial charge is 0.468 e. The molecule has 5 nitrogen and oxygen atoms in total. The maximum atomic E-state index is 12.7. The highest BCUT2D eigenvalue weighted by atomic mass is 16.5. The van der Waals surface area contributed by atoms with Gasteiger partial charge in [-0.1, -0.05) is 30.3 Å². The second-order valence-electron chi connectivity index (χ2n) is 5.95. The molecule has 0 aliphatic heterocycles. The first-order valence-corrected chi connectivity index (χ1v) is 7.10. The van der Waals surface area contributed by atoms with Gasteiger partial charge in [-0.15, -0.1) is 0 Å². The summed E-state index contributed by atoms with van der Waals surface area (Å²) in [5, 5.41) is 0. The molecule has 1 aromatic carbocycles. The van der Waals surface area contributed by atoms with Crippen molar-refractivity contribution in [1.29, 1.82) is 0 Å². The molecule has 0 spiro atoms. The summed E-state index contributed by atoms with van der Waals surface area (Å²) in [6.45, 7) is 0. The SMILES string of the molecule is COC(=O)[C@@]12[C@H]3c4ccccc4[C@]1(OC)C=C[C@]32C(=O)OC. The first-order valence-electron chi connectivity index (χ1n) is 7.10. The third-order valence-corrected chi connectivity index (χ3v) is 5.65. The lowest BCUT2D eigenvalue weighted by atomic mass is 9.79. The van der Waals surface area contributed by atoms with E-state index in [2.05, 4.69) is 0 Å². The smallest absolute Gasteiger partial charge is 0.317 e. The average molecular weight is 300 g/mol. The maximum absolute atomic E-state index is 12.7. The summed E-state index contributed by atoms with van der Waals surface area (Å²) < 4.78 is 15.9. The van der Waals surface area contributed by atoms with Crippen LogP contribution in [0.2, 0.25) is 0 Å². The van der Waals surface area contributed by atoms with Gasteiger partial charge in [0.2, 0.25) is 0 Å². The minimum atomic E-state index is -1.10. The lowest BCUT2D eigenvalue weighted by Gasteiger charge is -2.33. The molecule has 4 rings (SSSR count). The van der Waals surface area contributed by atoms with E-state index < -0.39 is 28.4 Å². The van der Waals surface area contributed by atoms with Crippen LogP contribution in [0.1, 0.15) is 17.0 Å². The van der Waals surface area contributed by atoms with Crippen LogP contribution in [0.4, 0.5) is 0 Å². The standard InChI is InChI=1S/C17H16O5/c1-20-13(18)15-8-9-16(22-3)11-7-5-4-6-10(11)12(15)17(15,16)14(19)21-2/h4-9,12H,1-3H3/t12-,15+,16+,17+/m0/s1. The zero-order valence-electron chi connectivity index (χ0n) is 12.6. The van der Waals surface area contributed by atoms with Crippen LogP contribution < -0.4 is 0 Å². The van der Waals surface area contributed by atoms with Gasteiger partial charge in [0.25, 0.3) is 0 Å². The van der Waals surface area contributed by atoms with Crippen molar-refractivity contribution in [3.05, 3.63) is 47.5 Å². The van der Waals surface area contributed by atoms with Gasteiger partial charge in [-0.3, -0.25) is 9.59 Å². The van der Waals surface area contributed by atoms with Gasteiger partial charge in [0.15, 0.2) is 0 Å². The second-order valence-corrected chi connectivity index (χ2v) is 5.95. The van der Waals surface area contributed by atoms with Crippen LogP contribution in [0.3, 0.4) is 0 Å². The normalized spacial score (nSPS) is 39.1. The molecule has 0 bridgehead atoms. The molecule has 0 aromatic heterocycles. The Bertz CT molecular complexity index is 738. The molecular weight excluding hydrogens is 284 g/mol. The average Bonchev–Trinajstić information content (AvgIpc) is 3.01. The molecule has 5 heteroatoms. The van der Waals surface area contributed by atoms with Crippen molar-refractivity contribution in [2.24, 2.45) is 10.8 Å². The van der Waals surface area contributed by atoms with Gasteiger partial charge in [0, 0.05) is 13.0 Å². The fourth-order valence-corrected chi connectivity index (χ4v) is 4.95. The zero-order chi connectivity index (χ0) is 15.8. The van der Waals surface area contributed by atoms with Crippen LogP contribution in [0.15, 0.2) is 36.4 Å².